The average Bonchev–Trinajstić information content (AvgIpc) is 3.35. The number of benzene rings is 6. The molecule has 0 bridgehead atoms. The topological polar surface area (TPSA) is 51.6 Å². The first kappa shape index (κ1) is 36.3. The van der Waals surface area contributed by atoms with Gasteiger partial charge in [0.25, 0.3) is 0 Å². The smallest absolute Gasteiger partial charge is 0.0346 e. The summed E-state index contributed by atoms with van der Waals surface area (Å²) >= 11 is 0. The van der Waals surface area contributed by atoms with E-state index in [1.165, 1.54) is 0 Å². The highest BCUT2D eigenvalue weighted by Crippen LogP contribution is 2.40. The lowest BCUT2D eigenvalue weighted by molar-refractivity contribution is 1.33. The molecule has 0 aliphatic rings. The van der Waals surface area contributed by atoms with Crippen molar-refractivity contribution in [3.63, 3.8) is 0 Å². The number of aromatic nitrogens is 4. The number of rotatable bonds is 9. The van der Waals surface area contributed by atoms with Crippen LogP contribution in [0, 0.1) is 0 Å². The Balaban J connectivity index is 1.17. The minimum atomic E-state index is 1.08. The van der Waals surface area contributed by atoms with E-state index in [0.717, 1.165) is 100 Å². The minimum Gasteiger partial charge on any atom is -0.264 e. The van der Waals surface area contributed by atoms with Gasteiger partial charge in [-0.1, -0.05) is 97.1 Å². The fraction of sp³-hybridized carbons (Fsp3) is 0. The molecule has 0 aliphatic carbocycles. The zero-order valence-corrected chi connectivity index (χ0v) is 32.7. The molecule has 4 heteroatoms. The first-order valence-corrected chi connectivity index (χ1v) is 20.0. The second-order valence-electron chi connectivity index (χ2n) is 14.9. The first-order chi connectivity index (χ1) is 29.7. The van der Waals surface area contributed by atoms with Crippen molar-refractivity contribution in [2.75, 3.05) is 0 Å². The maximum atomic E-state index is 4.41. The Hall–Kier alpha value is -8.08. The second kappa shape index (κ2) is 16.4. The van der Waals surface area contributed by atoms with Crippen molar-refractivity contribution in [3.05, 3.63) is 232 Å². The van der Waals surface area contributed by atoms with Crippen LogP contribution in [0.5, 0.6) is 0 Å². The predicted molar refractivity (Wildman–Crippen MR) is 247 cm³/mol. The van der Waals surface area contributed by atoms with Gasteiger partial charge in [0.05, 0.1) is 0 Å². The molecule has 60 heavy (non-hydrogen) atoms. The molecular weight excluding hydrogens is 729 g/mol. The number of pyridine rings is 4. The largest absolute Gasteiger partial charge is 0.264 e. The minimum absolute atomic E-state index is 1.08. The SMILES string of the molecule is c1cncc(-c2cccc(-c3cc(-c4cccc(-c5cccnc5)c4)cc(-c4cc(-c5cccc(-c6cccnc6)c5)cc(-c5cccc(-c6cccnc6)c5)c4)c3)c2)c1. The summed E-state index contributed by atoms with van der Waals surface area (Å²) in [5.41, 5.74) is 20.1. The molecule has 0 spiro atoms. The van der Waals surface area contributed by atoms with Gasteiger partial charge in [-0.05, 0) is 163 Å². The van der Waals surface area contributed by atoms with Crippen molar-refractivity contribution in [2.45, 2.75) is 0 Å². The molecule has 10 rings (SSSR count). The highest BCUT2D eigenvalue weighted by Gasteiger charge is 2.14. The third kappa shape index (κ3) is 7.78. The van der Waals surface area contributed by atoms with Crippen molar-refractivity contribution in [1.82, 2.24) is 19.9 Å². The van der Waals surface area contributed by atoms with Crippen LogP contribution in [0.1, 0.15) is 0 Å². The van der Waals surface area contributed by atoms with Gasteiger partial charge in [0.1, 0.15) is 0 Å². The summed E-state index contributed by atoms with van der Waals surface area (Å²) in [6.07, 6.45) is 14.9. The van der Waals surface area contributed by atoms with Crippen LogP contribution in [0.2, 0.25) is 0 Å². The molecule has 282 valence electrons. The lowest BCUT2D eigenvalue weighted by Crippen LogP contribution is -1.90. The van der Waals surface area contributed by atoms with E-state index in [2.05, 4.69) is 178 Å². The zero-order chi connectivity index (χ0) is 40.1. The number of nitrogens with zero attached hydrogens (tertiary/aromatic N) is 4. The summed E-state index contributed by atoms with van der Waals surface area (Å²) < 4.78 is 0. The van der Waals surface area contributed by atoms with Gasteiger partial charge in [0.2, 0.25) is 0 Å². The van der Waals surface area contributed by atoms with Gasteiger partial charge < -0.3 is 0 Å². The van der Waals surface area contributed by atoms with Crippen LogP contribution >= 0.6 is 0 Å². The van der Waals surface area contributed by atoms with Crippen LogP contribution in [-0.2, 0) is 0 Å². The maximum absolute atomic E-state index is 4.41. The van der Waals surface area contributed by atoms with Crippen molar-refractivity contribution < 1.29 is 0 Å². The summed E-state index contributed by atoms with van der Waals surface area (Å²) in [6, 6.07) is 65.3. The van der Waals surface area contributed by atoms with Gasteiger partial charge in [-0.15, -0.1) is 0 Å². The van der Waals surface area contributed by atoms with Crippen LogP contribution in [0.3, 0.4) is 0 Å². The van der Waals surface area contributed by atoms with Crippen LogP contribution in [0.4, 0.5) is 0 Å². The Morgan fingerprint density at radius 3 is 0.533 bits per heavy atom. The van der Waals surface area contributed by atoms with E-state index < -0.39 is 0 Å². The summed E-state index contributed by atoms with van der Waals surface area (Å²) in [7, 11) is 0. The highest BCUT2D eigenvalue weighted by molar-refractivity contribution is 5.88. The fourth-order valence-corrected chi connectivity index (χ4v) is 7.90. The first-order valence-electron chi connectivity index (χ1n) is 20.0. The molecule has 6 aromatic carbocycles. The van der Waals surface area contributed by atoms with Gasteiger partial charge in [0, 0.05) is 71.8 Å². The zero-order valence-electron chi connectivity index (χ0n) is 32.7. The molecule has 4 aromatic heterocycles. The molecule has 0 saturated carbocycles. The standard InChI is InChI=1S/C56H38N4/c1-9-39(47-17-5-21-57-35-47)25-43(13-1)51-29-52(44-14-2-10-40(26-44)48-18-6-22-58-36-48)32-55(31-51)56-33-53(45-15-3-11-41(27-45)49-19-7-23-59-37-49)30-54(34-56)46-16-4-12-42(28-46)50-20-8-24-60-38-50/h1-38H. The second-order valence-corrected chi connectivity index (χ2v) is 14.9. The average molecular weight is 767 g/mol. The van der Waals surface area contributed by atoms with Gasteiger partial charge >= 0.3 is 0 Å². The van der Waals surface area contributed by atoms with Gasteiger partial charge in [-0.2, -0.15) is 0 Å². The third-order valence-electron chi connectivity index (χ3n) is 11.0. The molecule has 0 radical (unpaired) electrons. The molecule has 0 unspecified atom stereocenters. The monoisotopic (exact) mass is 766 g/mol. The summed E-state index contributed by atoms with van der Waals surface area (Å²) in [6.45, 7) is 0. The predicted octanol–water partition coefficient (Wildman–Crippen LogP) is 14.3. The van der Waals surface area contributed by atoms with E-state index in [1.54, 1.807) is 0 Å². The molecule has 10 aromatic rings. The Morgan fingerprint density at radius 1 is 0.167 bits per heavy atom. The van der Waals surface area contributed by atoms with E-state index >= 15 is 0 Å². The molecule has 4 heterocycles. The highest BCUT2D eigenvalue weighted by atomic mass is 14.6. The number of hydrogen-bond acceptors (Lipinski definition) is 4. The van der Waals surface area contributed by atoms with Crippen LogP contribution < -0.4 is 0 Å². The number of hydrogen-bond donors (Lipinski definition) is 0. The van der Waals surface area contributed by atoms with E-state index in [1.807, 2.05) is 73.8 Å². The molecule has 0 saturated heterocycles. The molecule has 0 atom stereocenters. The Bertz CT molecular complexity index is 2660. The van der Waals surface area contributed by atoms with Crippen molar-refractivity contribution in [2.24, 2.45) is 0 Å². The van der Waals surface area contributed by atoms with Gasteiger partial charge in [-0.3, -0.25) is 19.9 Å². The maximum Gasteiger partial charge on any atom is 0.0346 e. The third-order valence-corrected chi connectivity index (χ3v) is 11.0. The van der Waals surface area contributed by atoms with Crippen LogP contribution in [-0.4, -0.2) is 19.9 Å². The lowest BCUT2D eigenvalue weighted by atomic mass is 9.88. The van der Waals surface area contributed by atoms with Crippen molar-refractivity contribution in [3.8, 4) is 100 Å². The lowest BCUT2D eigenvalue weighted by Gasteiger charge is -2.16. The van der Waals surface area contributed by atoms with E-state index in [4.69, 9.17) is 0 Å². The van der Waals surface area contributed by atoms with E-state index in [-0.39, 0.29) is 0 Å². The van der Waals surface area contributed by atoms with Crippen molar-refractivity contribution >= 4 is 0 Å². The van der Waals surface area contributed by atoms with Gasteiger partial charge in [0.15, 0.2) is 0 Å². The summed E-state index contributed by atoms with van der Waals surface area (Å²) in [4.78, 5) is 17.6. The Morgan fingerprint density at radius 2 is 0.333 bits per heavy atom. The quantitative estimate of drug-likeness (QED) is 0.147. The molecule has 0 aliphatic heterocycles. The fourth-order valence-electron chi connectivity index (χ4n) is 7.90. The van der Waals surface area contributed by atoms with Crippen molar-refractivity contribution in [1.29, 1.82) is 0 Å². The van der Waals surface area contributed by atoms with E-state index in [0.29, 0.717) is 0 Å². The van der Waals surface area contributed by atoms with Gasteiger partial charge in [-0.25, -0.2) is 0 Å². The molecule has 4 nitrogen and oxygen atoms in total. The molecule has 0 fully saturated rings. The van der Waals surface area contributed by atoms with Crippen LogP contribution in [0.15, 0.2) is 232 Å². The summed E-state index contributed by atoms with van der Waals surface area (Å²) in [5.74, 6) is 0. The molecular formula is C56H38N4. The molecule has 0 N–H and O–H groups in total. The van der Waals surface area contributed by atoms with Crippen LogP contribution in [0.25, 0.3) is 100 Å². The summed E-state index contributed by atoms with van der Waals surface area (Å²) in [5, 5.41) is 0. The normalized spacial score (nSPS) is 11.0. The van der Waals surface area contributed by atoms with E-state index in [9.17, 15) is 0 Å². The Kier molecular flexibility index (Phi) is 9.92. The molecule has 0 amide bonds. The Labute approximate surface area is 350 Å².